The minimum absolute atomic E-state index is 0.107. The standard InChI is InChI=1S/C17H18ClO3SSi/c18-13-16(12-15-4-2-1-3-5-15)21-22(19,20)17-8-6-14(7-9-17)10-11-23/h1-9,16H,10-13H2. The molecule has 121 valence electrons. The lowest BCUT2D eigenvalue weighted by molar-refractivity contribution is 0.232. The Morgan fingerprint density at radius 3 is 2.22 bits per heavy atom. The third-order valence-corrected chi connectivity index (χ3v) is 5.34. The lowest BCUT2D eigenvalue weighted by Gasteiger charge is -2.15. The first-order valence-corrected chi connectivity index (χ1v) is 9.97. The van der Waals surface area contributed by atoms with Gasteiger partial charge in [0.1, 0.15) is 0 Å². The molecule has 0 aliphatic rings. The van der Waals surface area contributed by atoms with Crippen molar-refractivity contribution < 1.29 is 12.6 Å². The molecule has 6 heteroatoms. The Bertz CT molecular complexity index is 702. The van der Waals surface area contributed by atoms with Gasteiger partial charge in [-0.2, -0.15) is 8.42 Å². The number of hydrogen-bond donors (Lipinski definition) is 0. The summed E-state index contributed by atoms with van der Waals surface area (Å²) in [5.41, 5.74) is 2.05. The van der Waals surface area contributed by atoms with Crippen LogP contribution in [0.4, 0.5) is 0 Å². The molecule has 1 atom stereocenters. The van der Waals surface area contributed by atoms with Gasteiger partial charge in [-0.3, -0.25) is 4.18 Å². The molecule has 0 heterocycles. The fourth-order valence-corrected chi connectivity index (χ4v) is 3.80. The van der Waals surface area contributed by atoms with Crippen LogP contribution in [-0.4, -0.2) is 30.6 Å². The SMILES string of the molecule is O=S(=O)(OC(CCl)Cc1ccccc1)c1ccc(CC[Si])cc1. The molecule has 0 fully saturated rings. The monoisotopic (exact) mass is 365 g/mol. The van der Waals surface area contributed by atoms with Crippen molar-refractivity contribution in [1.82, 2.24) is 0 Å². The van der Waals surface area contributed by atoms with Gasteiger partial charge in [0.25, 0.3) is 10.1 Å². The Morgan fingerprint density at radius 2 is 1.65 bits per heavy atom. The number of halogens is 1. The van der Waals surface area contributed by atoms with E-state index in [2.05, 4.69) is 10.2 Å². The number of alkyl halides is 1. The molecular formula is C17H18ClO3SSi. The Balaban J connectivity index is 2.08. The van der Waals surface area contributed by atoms with Crippen molar-refractivity contribution >= 4 is 32.0 Å². The summed E-state index contributed by atoms with van der Waals surface area (Å²) >= 11 is 5.88. The summed E-state index contributed by atoms with van der Waals surface area (Å²) in [5.74, 6) is 0.107. The molecule has 23 heavy (non-hydrogen) atoms. The molecule has 0 amide bonds. The van der Waals surface area contributed by atoms with Crippen molar-refractivity contribution in [3.63, 3.8) is 0 Å². The molecular weight excluding hydrogens is 348 g/mol. The van der Waals surface area contributed by atoms with Gasteiger partial charge < -0.3 is 0 Å². The van der Waals surface area contributed by atoms with E-state index in [0.717, 1.165) is 23.6 Å². The number of aryl methyl sites for hydroxylation is 1. The fourth-order valence-electron chi connectivity index (χ4n) is 2.19. The third kappa shape index (κ3) is 5.46. The second-order valence-corrected chi connectivity index (χ2v) is 7.54. The topological polar surface area (TPSA) is 43.4 Å². The van der Waals surface area contributed by atoms with Gasteiger partial charge in [-0.25, -0.2) is 0 Å². The normalized spacial score (nSPS) is 13.0. The van der Waals surface area contributed by atoms with Gasteiger partial charge in [0.2, 0.25) is 0 Å². The lowest BCUT2D eigenvalue weighted by Crippen LogP contribution is -2.22. The molecule has 3 radical (unpaired) electrons. The van der Waals surface area contributed by atoms with E-state index in [-0.39, 0.29) is 10.8 Å². The summed E-state index contributed by atoms with van der Waals surface area (Å²) in [5, 5.41) is 0. The summed E-state index contributed by atoms with van der Waals surface area (Å²) in [6, 6.07) is 17.1. The van der Waals surface area contributed by atoms with E-state index in [1.165, 1.54) is 0 Å². The van der Waals surface area contributed by atoms with Crippen molar-refractivity contribution in [1.29, 1.82) is 0 Å². The van der Waals surface area contributed by atoms with Gasteiger partial charge in [-0.05, 0) is 29.7 Å². The van der Waals surface area contributed by atoms with Crippen LogP contribution in [0.5, 0.6) is 0 Å². The van der Waals surface area contributed by atoms with Gasteiger partial charge in [-0.1, -0.05) is 48.5 Å². The molecule has 0 saturated carbocycles. The Labute approximate surface area is 146 Å². The summed E-state index contributed by atoms with van der Waals surface area (Å²) < 4.78 is 30.0. The number of hydrogen-bond acceptors (Lipinski definition) is 3. The minimum Gasteiger partial charge on any atom is -0.261 e. The first-order chi connectivity index (χ1) is 11.0. The van der Waals surface area contributed by atoms with Crippen LogP contribution in [0.25, 0.3) is 0 Å². The maximum absolute atomic E-state index is 12.4. The van der Waals surface area contributed by atoms with Crippen LogP contribution in [0.1, 0.15) is 11.1 Å². The van der Waals surface area contributed by atoms with Gasteiger partial charge in [0.15, 0.2) is 0 Å². The maximum atomic E-state index is 12.4. The molecule has 0 aromatic heterocycles. The summed E-state index contributed by atoms with van der Waals surface area (Å²) in [6.07, 6.45) is 0.701. The van der Waals surface area contributed by atoms with Gasteiger partial charge in [0, 0.05) is 16.7 Å². The molecule has 0 aliphatic carbocycles. The summed E-state index contributed by atoms with van der Waals surface area (Å²) in [6.45, 7) is 0. The average molecular weight is 366 g/mol. The Morgan fingerprint density at radius 1 is 1.00 bits per heavy atom. The first kappa shape index (κ1) is 18.2. The van der Waals surface area contributed by atoms with Crippen molar-refractivity contribution in [2.75, 3.05) is 5.88 Å². The molecule has 2 aromatic rings. The van der Waals surface area contributed by atoms with E-state index in [9.17, 15) is 8.42 Å². The van der Waals surface area contributed by atoms with E-state index in [1.807, 2.05) is 30.3 Å². The van der Waals surface area contributed by atoms with Crippen molar-refractivity contribution in [3.8, 4) is 0 Å². The number of rotatable bonds is 8. The predicted octanol–water partition coefficient (Wildman–Crippen LogP) is 3.37. The highest BCUT2D eigenvalue weighted by atomic mass is 35.5. The second-order valence-electron chi connectivity index (χ2n) is 5.16. The summed E-state index contributed by atoms with van der Waals surface area (Å²) in [4.78, 5) is 0.151. The molecule has 0 spiro atoms. The van der Waals surface area contributed by atoms with E-state index in [0.29, 0.717) is 6.42 Å². The van der Waals surface area contributed by atoms with Crippen molar-refractivity contribution in [3.05, 3.63) is 65.7 Å². The molecule has 1 unspecified atom stereocenters. The minimum atomic E-state index is -3.82. The molecule has 3 nitrogen and oxygen atoms in total. The quantitative estimate of drug-likeness (QED) is 0.409. The molecule has 2 aromatic carbocycles. The Hall–Kier alpha value is -1.14. The van der Waals surface area contributed by atoms with Crippen molar-refractivity contribution in [2.24, 2.45) is 0 Å². The van der Waals surface area contributed by atoms with Crippen LogP contribution in [0, 0.1) is 0 Å². The van der Waals surface area contributed by atoms with Gasteiger partial charge >= 0.3 is 0 Å². The molecule has 0 bridgehead atoms. The third-order valence-electron chi connectivity index (χ3n) is 3.37. The molecule has 2 rings (SSSR count). The highest BCUT2D eigenvalue weighted by Gasteiger charge is 2.21. The molecule has 0 aliphatic heterocycles. The lowest BCUT2D eigenvalue weighted by atomic mass is 10.1. The van der Waals surface area contributed by atoms with Crippen LogP contribution in [0.2, 0.25) is 6.04 Å². The zero-order valence-electron chi connectivity index (χ0n) is 12.6. The second kappa shape index (κ2) is 8.64. The average Bonchev–Trinajstić information content (AvgIpc) is 2.56. The Kier molecular flexibility index (Phi) is 6.83. The van der Waals surface area contributed by atoms with Crippen LogP contribution < -0.4 is 0 Å². The first-order valence-electron chi connectivity index (χ1n) is 7.32. The fraction of sp³-hybridized carbons (Fsp3) is 0.294. The molecule has 0 N–H and O–H groups in total. The largest absolute Gasteiger partial charge is 0.297 e. The van der Waals surface area contributed by atoms with Gasteiger partial charge in [-0.15, -0.1) is 11.6 Å². The van der Waals surface area contributed by atoms with E-state index >= 15 is 0 Å². The van der Waals surface area contributed by atoms with Crippen LogP contribution >= 0.6 is 11.6 Å². The van der Waals surface area contributed by atoms with E-state index < -0.39 is 16.2 Å². The highest BCUT2D eigenvalue weighted by Crippen LogP contribution is 2.18. The van der Waals surface area contributed by atoms with Gasteiger partial charge in [0.05, 0.1) is 16.9 Å². The zero-order chi connectivity index (χ0) is 16.7. The predicted molar refractivity (Wildman–Crippen MR) is 93.6 cm³/mol. The van der Waals surface area contributed by atoms with Crippen LogP contribution in [0.3, 0.4) is 0 Å². The van der Waals surface area contributed by atoms with Crippen LogP contribution in [0.15, 0.2) is 59.5 Å². The highest BCUT2D eigenvalue weighted by molar-refractivity contribution is 7.86. The van der Waals surface area contributed by atoms with Crippen molar-refractivity contribution in [2.45, 2.75) is 29.9 Å². The maximum Gasteiger partial charge on any atom is 0.297 e. The smallest absolute Gasteiger partial charge is 0.261 e. The van der Waals surface area contributed by atoms with Crippen LogP contribution in [-0.2, 0) is 27.1 Å². The molecule has 0 saturated heterocycles. The zero-order valence-corrected chi connectivity index (χ0v) is 15.2. The number of benzene rings is 2. The van der Waals surface area contributed by atoms with E-state index in [1.54, 1.807) is 24.3 Å². The van der Waals surface area contributed by atoms with E-state index in [4.69, 9.17) is 15.8 Å². The summed E-state index contributed by atoms with van der Waals surface area (Å²) in [7, 11) is -0.413.